The van der Waals surface area contributed by atoms with Gasteiger partial charge in [-0.05, 0) is 11.5 Å². The molecule has 0 atom stereocenters. The second-order valence-electron chi connectivity index (χ2n) is 3.75. The Morgan fingerprint density at radius 2 is 1.58 bits per heavy atom. The van der Waals surface area contributed by atoms with E-state index in [9.17, 15) is 5.11 Å². The molecule has 0 rings (SSSR count). The van der Waals surface area contributed by atoms with E-state index >= 15 is 0 Å². The Kier molecular flexibility index (Phi) is 3.14. The molecule has 2 N–H and O–H groups in total. The quantitative estimate of drug-likeness (QED) is 0.491. The number of aliphatic hydroxyl groups is 2. The molecule has 2 heteroatoms. The van der Waals surface area contributed by atoms with Gasteiger partial charge in [-0.15, -0.1) is 0 Å². The Hall–Kier alpha value is -1.18. The Balaban J connectivity index is 4.94. The molecular formula is C10H16O2. The topological polar surface area (TPSA) is 40.5 Å². The third kappa shape index (κ3) is 3.28. The van der Waals surface area contributed by atoms with Crippen molar-refractivity contribution >= 4 is 0 Å². The van der Waals surface area contributed by atoms with Crippen LogP contribution in [0.25, 0.3) is 0 Å². The van der Waals surface area contributed by atoms with Gasteiger partial charge in [-0.3, -0.25) is 0 Å². The summed E-state index contributed by atoms with van der Waals surface area (Å²) >= 11 is 0. The van der Waals surface area contributed by atoms with Gasteiger partial charge in [-0.25, -0.2) is 0 Å². The predicted molar refractivity (Wildman–Crippen MR) is 51.1 cm³/mol. The maximum absolute atomic E-state index is 9.18. The fraction of sp³-hybridized carbons (Fsp3) is 0.400. The van der Waals surface area contributed by atoms with E-state index in [1.165, 1.54) is 6.08 Å². The summed E-state index contributed by atoms with van der Waals surface area (Å²) in [6, 6.07) is 0. The van der Waals surface area contributed by atoms with E-state index in [4.69, 9.17) is 5.11 Å². The van der Waals surface area contributed by atoms with Crippen LogP contribution in [-0.2, 0) is 0 Å². The lowest BCUT2D eigenvalue weighted by Gasteiger charge is -2.21. The number of rotatable bonds is 2. The van der Waals surface area contributed by atoms with Crippen LogP contribution in [0.2, 0.25) is 0 Å². The fourth-order valence-electron chi connectivity index (χ4n) is 0.899. The van der Waals surface area contributed by atoms with Crippen molar-refractivity contribution in [2.24, 2.45) is 5.41 Å². The van der Waals surface area contributed by atoms with Gasteiger partial charge >= 0.3 is 0 Å². The van der Waals surface area contributed by atoms with Crippen LogP contribution in [0.15, 0.2) is 36.3 Å². The van der Waals surface area contributed by atoms with Crippen molar-refractivity contribution in [3.63, 3.8) is 0 Å². The zero-order chi connectivity index (χ0) is 9.94. The molecule has 0 aliphatic carbocycles. The van der Waals surface area contributed by atoms with Crippen molar-refractivity contribution in [2.75, 3.05) is 0 Å². The van der Waals surface area contributed by atoms with Crippen molar-refractivity contribution in [1.82, 2.24) is 0 Å². The summed E-state index contributed by atoms with van der Waals surface area (Å²) in [6.45, 7) is 12.5. The molecule has 0 heterocycles. The van der Waals surface area contributed by atoms with Crippen LogP contribution in [0.3, 0.4) is 0 Å². The Labute approximate surface area is 73.5 Å². The first-order valence-electron chi connectivity index (χ1n) is 3.73. The highest BCUT2D eigenvalue weighted by atomic mass is 16.3. The highest BCUT2D eigenvalue weighted by Gasteiger charge is 2.19. The average molecular weight is 168 g/mol. The molecule has 0 aliphatic rings. The Morgan fingerprint density at radius 1 is 1.17 bits per heavy atom. The Morgan fingerprint density at radius 3 is 1.67 bits per heavy atom. The van der Waals surface area contributed by atoms with Gasteiger partial charge in [0.25, 0.3) is 0 Å². The van der Waals surface area contributed by atoms with E-state index in [1.54, 1.807) is 0 Å². The minimum absolute atomic E-state index is 0.0299. The maximum atomic E-state index is 9.18. The second kappa shape index (κ2) is 3.48. The average Bonchev–Trinajstić information content (AvgIpc) is 1.79. The first-order valence-corrected chi connectivity index (χ1v) is 3.73. The van der Waals surface area contributed by atoms with Gasteiger partial charge in [0.1, 0.15) is 11.5 Å². The van der Waals surface area contributed by atoms with E-state index in [1.807, 2.05) is 20.8 Å². The van der Waals surface area contributed by atoms with Gasteiger partial charge in [0, 0.05) is 5.57 Å². The van der Waals surface area contributed by atoms with E-state index in [0.717, 1.165) is 0 Å². The normalized spacial score (nSPS) is 12.8. The van der Waals surface area contributed by atoms with Crippen molar-refractivity contribution in [2.45, 2.75) is 20.8 Å². The molecule has 0 radical (unpaired) electrons. The molecule has 0 unspecified atom stereocenters. The molecule has 0 spiro atoms. The molecule has 68 valence electrons. The van der Waals surface area contributed by atoms with Gasteiger partial charge in [0.2, 0.25) is 0 Å². The lowest BCUT2D eigenvalue weighted by Crippen LogP contribution is -2.11. The third-order valence-corrected chi connectivity index (χ3v) is 1.43. The summed E-state index contributed by atoms with van der Waals surface area (Å²) < 4.78 is 0. The van der Waals surface area contributed by atoms with Gasteiger partial charge in [0.05, 0.1) is 0 Å². The minimum atomic E-state index is -0.239. The monoisotopic (exact) mass is 168 g/mol. The van der Waals surface area contributed by atoms with Crippen LogP contribution in [0.1, 0.15) is 20.8 Å². The van der Waals surface area contributed by atoms with Crippen LogP contribution >= 0.6 is 0 Å². The van der Waals surface area contributed by atoms with Gasteiger partial charge < -0.3 is 10.2 Å². The largest absolute Gasteiger partial charge is 0.509 e. The highest BCUT2D eigenvalue weighted by Crippen LogP contribution is 2.29. The van der Waals surface area contributed by atoms with E-state index in [0.29, 0.717) is 5.57 Å². The van der Waals surface area contributed by atoms with Crippen LogP contribution in [0.4, 0.5) is 0 Å². The Bertz CT molecular complexity index is 229. The molecule has 0 bridgehead atoms. The lowest BCUT2D eigenvalue weighted by atomic mass is 9.85. The lowest BCUT2D eigenvalue weighted by molar-refractivity contribution is 0.375. The van der Waals surface area contributed by atoms with E-state index in [2.05, 4.69) is 13.2 Å². The molecule has 0 aromatic rings. The van der Waals surface area contributed by atoms with Crippen molar-refractivity contribution < 1.29 is 10.2 Å². The number of hydrogen-bond donors (Lipinski definition) is 2. The molecule has 0 amide bonds. The molecule has 0 fully saturated rings. The molecule has 0 aliphatic heterocycles. The molecule has 12 heavy (non-hydrogen) atoms. The minimum Gasteiger partial charge on any atom is -0.509 e. The molecular weight excluding hydrogens is 152 g/mol. The van der Waals surface area contributed by atoms with Crippen LogP contribution in [0.5, 0.6) is 0 Å². The van der Waals surface area contributed by atoms with E-state index < -0.39 is 0 Å². The molecule has 0 saturated heterocycles. The SMILES string of the molecule is C=C(O)/C=C(\C(=C)O)C(C)(C)C. The van der Waals surface area contributed by atoms with Crippen molar-refractivity contribution in [3.05, 3.63) is 36.3 Å². The summed E-state index contributed by atoms with van der Waals surface area (Å²) in [7, 11) is 0. The highest BCUT2D eigenvalue weighted by molar-refractivity contribution is 5.32. The zero-order valence-electron chi connectivity index (χ0n) is 7.89. The van der Waals surface area contributed by atoms with Crippen molar-refractivity contribution in [1.29, 1.82) is 0 Å². The first-order chi connectivity index (χ1) is 5.25. The van der Waals surface area contributed by atoms with E-state index in [-0.39, 0.29) is 16.9 Å². The molecule has 0 aromatic carbocycles. The van der Waals surface area contributed by atoms with Gasteiger partial charge in [0.15, 0.2) is 0 Å². The third-order valence-electron chi connectivity index (χ3n) is 1.43. The van der Waals surface area contributed by atoms with Crippen LogP contribution in [-0.4, -0.2) is 10.2 Å². The van der Waals surface area contributed by atoms with Gasteiger partial charge in [-0.1, -0.05) is 33.9 Å². The maximum Gasteiger partial charge on any atom is 0.112 e. The predicted octanol–water partition coefficient (Wildman–Crippen LogP) is 3.10. The molecule has 2 nitrogen and oxygen atoms in total. The summed E-state index contributed by atoms with van der Waals surface area (Å²) in [5, 5.41) is 18.1. The summed E-state index contributed by atoms with van der Waals surface area (Å²) in [4.78, 5) is 0. The smallest absolute Gasteiger partial charge is 0.112 e. The zero-order valence-corrected chi connectivity index (χ0v) is 7.89. The number of aliphatic hydroxyl groups excluding tert-OH is 2. The van der Waals surface area contributed by atoms with Crippen molar-refractivity contribution in [3.8, 4) is 0 Å². The summed E-state index contributed by atoms with van der Waals surface area (Å²) in [5.74, 6) is -0.104. The number of hydrogen-bond acceptors (Lipinski definition) is 2. The van der Waals surface area contributed by atoms with Crippen LogP contribution < -0.4 is 0 Å². The summed E-state index contributed by atoms with van der Waals surface area (Å²) in [6.07, 6.45) is 1.42. The second-order valence-corrected chi connectivity index (χ2v) is 3.75. The van der Waals surface area contributed by atoms with Gasteiger partial charge in [-0.2, -0.15) is 0 Å². The molecule has 0 aromatic heterocycles. The van der Waals surface area contributed by atoms with Crippen LogP contribution in [0, 0.1) is 5.41 Å². The first kappa shape index (κ1) is 10.8. The number of allylic oxidation sites excluding steroid dienone is 2. The fourth-order valence-corrected chi connectivity index (χ4v) is 0.899. The summed E-state index contributed by atoms with van der Waals surface area (Å²) in [5.41, 5.74) is 0.354. The standard InChI is InChI=1S/C10H16O2/c1-7(11)6-9(8(2)12)10(3,4)5/h6,11-12H,1-2H2,3-5H3/b9-6+. The molecule has 0 saturated carbocycles.